The van der Waals surface area contributed by atoms with Crippen molar-refractivity contribution in [3.8, 4) is 0 Å². The Hall–Kier alpha value is 0.110. The summed E-state index contributed by atoms with van der Waals surface area (Å²) in [5.41, 5.74) is 0. The van der Waals surface area contributed by atoms with Crippen molar-refractivity contribution >= 4 is 10.8 Å². The summed E-state index contributed by atoms with van der Waals surface area (Å²) in [6, 6.07) is 0.352. The van der Waals surface area contributed by atoms with E-state index in [1.54, 1.807) is 0 Å². The zero-order chi connectivity index (χ0) is 11.1. The third-order valence-corrected chi connectivity index (χ3v) is 5.03. The van der Waals surface area contributed by atoms with Gasteiger partial charge < -0.3 is 5.32 Å². The fourth-order valence-electron chi connectivity index (χ4n) is 1.27. The van der Waals surface area contributed by atoms with E-state index in [0.717, 1.165) is 19.4 Å². The monoisotopic (exact) mass is 219 g/mol. The van der Waals surface area contributed by atoms with Crippen molar-refractivity contribution in [2.24, 2.45) is 0 Å². The van der Waals surface area contributed by atoms with Gasteiger partial charge in [-0.05, 0) is 33.2 Å². The van der Waals surface area contributed by atoms with Crippen LogP contribution in [0.25, 0.3) is 0 Å². The molecule has 0 saturated heterocycles. The molecule has 0 aromatic rings. The van der Waals surface area contributed by atoms with E-state index in [1.807, 2.05) is 0 Å². The molecule has 0 saturated carbocycles. The van der Waals surface area contributed by atoms with E-state index < -0.39 is 10.8 Å². The topological polar surface area (TPSA) is 29.1 Å². The Labute approximate surface area is 91.3 Å². The molecule has 0 aromatic carbocycles. The minimum atomic E-state index is -0.706. The zero-order valence-electron chi connectivity index (χ0n) is 10.2. The molecular weight excluding hydrogens is 194 g/mol. The normalized spacial score (nSPS) is 20.1. The molecule has 1 N–H and O–H groups in total. The molecule has 0 fully saturated rings. The summed E-state index contributed by atoms with van der Waals surface area (Å²) in [5, 5.41) is 3.96. The average molecular weight is 219 g/mol. The van der Waals surface area contributed by atoms with E-state index in [4.69, 9.17) is 0 Å². The van der Waals surface area contributed by atoms with Crippen molar-refractivity contribution in [2.45, 2.75) is 64.0 Å². The lowest BCUT2D eigenvalue weighted by molar-refractivity contribution is 0.529. The molecule has 0 heterocycles. The Morgan fingerprint density at radius 1 is 1.21 bits per heavy atom. The molecule has 0 aliphatic rings. The average Bonchev–Trinajstić information content (AvgIpc) is 2.22. The van der Waals surface area contributed by atoms with Gasteiger partial charge in [-0.25, -0.2) is 0 Å². The Balaban J connectivity index is 4.03. The third kappa shape index (κ3) is 4.56. The number of hydrogen-bond donors (Lipinski definition) is 1. The maximum absolute atomic E-state index is 11.9. The van der Waals surface area contributed by atoms with Crippen LogP contribution in [0.1, 0.15) is 47.5 Å². The van der Waals surface area contributed by atoms with Gasteiger partial charge >= 0.3 is 0 Å². The van der Waals surface area contributed by atoms with Crippen LogP contribution in [0, 0.1) is 0 Å². The van der Waals surface area contributed by atoms with Gasteiger partial charge in [0.05, 0.1) is 0 Å². The predicted octanol–water partition coefficient (Wildman–Crippen LogP) is 2.31. The molecule has 0 aliphatic heterocycles. The van der Waals surface area contributed by atoms with Crippen molar-refractivity contribution in [3.05, 3.63) is 0 Å². The van der Waals surface area contributed by atoms with Gasteiger partial charge in [0, 0.05) is 27.3 Å². The van der Waals surface area contributed by atoms with Gasteiger partial charge in [0.15, 0.2) is 0 Å². The van der Waals surface area contributed by atoms with Gasteiger partial charge in [-0.3, -0.25) is 4.21 Å². The highest BCUT2D eigenvalue weighted by Crippen LogP contribution is 2.10. The first-order valence-electron chi connectivity index (χ1n) is 5.67. The first kappa shape index (κ1) is 14.1. The maximum Gasteiger partial charge on any atom is 0.0473 e. The van der Waals surface area contributed by atoms with Crippen LogP contribution in [-0.2, 0) is 10.8 Å². The summed E-state index contributed by atoms with van der Waals surface area (Å²) in [7, 11) is -0.706. The smallest absolute Gasteiger partial charge is 0.0473 e. The molecule has 2 nitrogen and oxygen atoms in total. The second-order valence-corrected chi connectivity index (χ2v) is 6.20. The second-order valence-electron chi connectivity index (χ2n) is 4.00. The van der Waals surface area contributed by atoms with Crippen molar-refractivity contribution < 1.29 is 4.21 Å². The molecule has 3 heteroatoms. The van der Waals surface area contributed by atoms with Gasteiger partial charge in [-0.15, -0.1) is 0 Å². The molecule has 14 heavy (non-hydrogen) atoms. The molecule has 0 aromatic heterocycles. The van der Waals surface area contributed by atoms with Crippen LogP contribution in [0.15, 0.2) is 0 Å². The fourth-order valence-corrected chi connectivity index (χ4v) is 2.83. The van der Waals surface area contributed by atoms with Crippen LogP contribution in [-0.4, -0.2) is 27.3 Å². The van der Waals surface area contributed by atoms with Gasteiger partial charge in [0.1, 0.15) is 0 Å². The van der Waals surface area contributed by atoms with Crippen molar-refractivity contribution in [2.75, 3.05) is 6.54 Å². The van der Waals surface area contributed by atoms with E-state index in [0.29, 0.717) is 11.3 Å². The van der Waals surface area contributed by atoms with Crippen molar-refractivity contribution in [3.63, 3.8) is 0 Å². The summed E-state index contributed by atoms with van der Waals surface area (Å²) >= 11 is 0. The van der Waals surface area contributed by atoms with Crippen LogP contribution in [0.2, 0.25) is 0 Å². The van der Waals surface area contributed by atoms with E-state index in [-0.39, 0.29) is 5.25 Å². The summed E-state index contributed by atoms with van der Waals surface area (Å²) in [5.74, 6) is 0. The number of rotatable bonds is 7. The minimum absolute atomic E-state index is 0.247. The van der Waals surface area contributed by atoms with Crippen LogP contribution in [0.5, 0.6) is 0 Å². The van der Waals surface area contributed by atoms with Crippen molar-refractivity contribution in [1.29, 1.82) is 0 Å². The van der Waals surface area contributed by atoms with Crippen LogP contribution in [0.4, 0.5) is 0 Å². The van der Waals surface area contributed by atoms with Crippen LogP contribution >= 0.6 is 0 Å². The first-order valence-corrected chi connectivity index (χ1v) is 6.94. The summed E-state index contributed by atoms with van der Waals surface area (Å²) < 4.78 is 11.9. The highest BCUT2D eigenvalue weighted by Gasteiger charge is 2.21. The molecule has 0 radical (unpaired) electrons. The maximum atomic E-state index is 11.9. The lowest BCUT2D eigenvalue weighted by Crippen LogP contribution is -2.40. The van der Waals surface area contributed by atoms with Crippen LogP contribution in [0.3, 0.4) is 0 Å². The summed E-state index contributed by atoms with van der Waals surface area (Å²) in [6.45, 7) is 11.5. The van der Waals surface area contributed by atoms with Crippen LogP contribution < -0.4 is 5.32 Å². The van der Waals surface area contributed by atoms with E-state index >= 15 is 0 Å². The standard InChI is InChI=1S/C11H25NOS/c1-6-8-12-10(4)11(5)14(13)9(3)7-2/h9-12H,6-8H2,1-5H3. The molecule has 86 valence electrons. The van der Waals surface area contributed by atoms with Gasteiger partial charge in [0.25, 0.3) is 0 Å². The van der Waals surface area contributed by atoms with Gasteiger partial charge in [-0.2, -0.15) is 0 Å². The SMILES string of the molecule is CCCNC(C)C(C)S(=O)C(C)CC. The molecule has 4 unspecified atom stereocenters. The molecule has 0 amide bonds. The third-order valence-electron chi connectivity index (χ3n) is 2.76. The van der Waals surface area contributed by atoms with Gasteiger partial charge in [0.2, 0.25) is 0 Å². The second kappa shape index (κ2) is 7.41. The highest BCUT2D eigenvalue weighted by atomic mass is 32.2. The lowest BCUT2D eigenvalue weighted by atomic mass is 10.2. The molecular formula is C11H25NOS. The Kier molecular flexibility index (Phi) is 7.47. The fraction of sp³-hybridized carbons (Fsp3) is 1.00. The lowest BCUT2D eigenvalue weighted by Gasteiger charge is -2.23. The first-order chi connectivity index (χ1) is 6.54. The summed E-state index contributed by atoms with van der Waals surface area (Å²) in [6.07, 6.45) is 2.13. The predicted molar refractivity (Wildman–Crippen MR) is 65.1 cm³/mol. The minimum Gasteiger partial charge on any atom is -0.313 e. The molecule has 0 rings (SSSR count). The van der Waals surface area contributed by atoms with E-state index in [9.17, 15) is 4.21 Å². The largest absolute Gasteiger partial charge is 0.313 e. The molecule has 0 bridgehead atoms. The Morgan fingerprint density at radius 3 is 2.21 bits per heavy atom. The quantitative estimate of drug-likeness (QED) is 0.712. The van der Waals surface area contributed by atoms with Crippen molar-refractivity contribution in [1.82, 2.24) is 5.32 Å². The van der Waals surface area contributed by atoms with Gasteiger partial charge in [-0.1, -0.05) is 20.8 Å². The molecule has 4 atom stereocenters. The highest BCUT2D eigenvalue weighted by molar-refractivity contribution is 7.86. The van der Waals surface area contributed by atoms with E-state index in [2.05, 4.69) is 39.9 Å². The molecule has 0 spiro atoms. The Morgan fingerprint density at radius 2 is 1.79 bits per heavy atom. The zero-order valence-corrected chi connectivity index (χ0v) is 11.0. The summed E-state index contributed by atoms with van der Waals surface area (Å²) in [4.78, 5) is 0. The number of hydrogen-bond acceptors (Lipinski definition) is 2. The molecule has 0 aliphatic carbocycles. The van der Waals surface area contributed by atoms with E-state index in [1.165, 1.54) is 0 Å². The Bertz CT molecular complexity index is 173. The number of nitrogens with one attached hydrogen (secondary N) is 1.